The van der Waals surface area contributed by atoms with Crippen LogP contribution in [0.2, 0.25) is 0 Å². The number of carbonyl (C=O) groups excluding carboxylic acids is 1. The fourth-order valence-corrected chi connectivity index (χ4v) is 4.20. The van der Waals surface area contributed by atoms with Crippen molar-refractivity contribution in [3.05, 3.63) is 113 Å². The van der Waals surface area contributed by atoms with Crippen LogP contribution in [0, 0.1) is 12.7 Å². The lowest BCUT2D eigenvalue weighted by Crippen LogP contribution is -2.44. The molecule has 158 valence electrons. The number of nitrogens with one attached hydrogen (secondary N) is 1. The third-order valence-corrected chi connectivity index (χ3v) is 5.72. The Morgan fingerprint density at radius 3 is 2.53 bits per heavy atom. The number of rotatable bonds is 5. The van der Waals surface area contributed by atoms with E-state index in [2.05, 4.69) is 11.4 Å². The molecule has 1 N–H and O–H groups in total. The van der Waals surface area contributed by atoms with Gasteiger partial charge in [0.05, 0.1) is 0 Å². The summed E-state index contributed by atoms with van der Waals surface area (Å²) in [5, 5.41) is 3.39. The molecular weight excluding hydrogens is 401 g/mol. The van der Waals surface area contributed by atoms with Gasteiger partial charge in [-0.15, -0.1) is 0 Å². The van der Waals surface area contributed by atoms with Crippen LogP contribution < -0.4 is 9.88 Å². The third-order valence-electron chi connectivity index (χ3n) is 5.72. The molecule has 5 rings (SSSR count). The van der Waals surface area contributed by atoms with Gasteiger partial charge >= 0.3 is 11.7 Å². The highest BCUT2D eigenvalue weighted by molar-refractivity contribution is 5.82. The average Bonchev–Trinajstić information content (AvgIpc) is 3.10. The van der Waals surface area contributed by atoms with Gasteiger partial charge in [-0.25, -0.2) is 14.2 Å². The first-order chi connectivity index (χ1) is 15.6. The highest BCUT2D eigenvalue weighted by atomic mass is 19.1. The number of hydrogen-bond donors (Lipinski definition) is 1. The number of carbonyl (C=O) groups is 1. The topological polar surface area (TPSA) is 45.9 Å². The zero-order valence-electron chi connectivity index (χ0n) is 17.8. The summed E-state index contributed by atoms with van der Waals surface area (Å²) in [4.78, 5) is 18.2. The molecule has 0 aliphatic carbocycles. The fraction of sp³-hybridized carbons (Fsp3) is 0.148. The number of aromatic nitrogens is 2. The van der Waals surface area contributed by atoms with E-state index in [1.807, 2.05) is 61.5 Å². The highest BCUT2D eigenvalue weighted by Crippen LogP contribution is 2.25. The van der Waals surface area contributed by atoms with Gasteiger partial charge in [0.15, 0.2) is 6.04 Å². The number of hydrogen-bond acceptors (Lipinski definition) is 3. The molecule has 0 fully saturated rings. The molecule has 3 aromatic carbocycles. The number of benzene rings is 3. The van der Waals surface area contributed by atoms with Crippen LogP contribution in [0.25, 0.3) is 11.3 Å². The van der Waals surface area contributed by atoms with E-state index < -0.39 is 0 Å². The van der Waals surface area contributed by atoms with E-state index in [1.54, 1.807) is 16.8 Å². The van der Waals surface area contributed by atoms with Crippen molar-refractivity contribution in [1.82, 2.24) is 4.98 Å². The van der Waals surface area contributed by atoms with Gasteiger partial charge in [0, 0.05) is 18.4 Å². The maximum atomic E-state index is 13.8. The molecule has 0 radical (unpaired) electrons. The molecule has 1 atom stereocenters. The molecular formula is C27H23FN3O+. The number of halogens is 1. The quantitative estimate of drug-likeness (QED) is 0.470. The number of anilines is 1. The molecule has 4 nitrogen and oxygen atoms in total. The Morgan fingerprint density at radius 1 is 0.969 bits per heavy atom. The van der Waals surface area contributed by atoms with Crippen LogP contribution in [0.4, 0.5) is 10.2 Å². The van der Waals surface area contributed by atoms with Crippen molar-refractivity contribution < 1.29 is 13.8 Å². The first kappa shape index (κ1) is 20.1. The summed E-state index contributed by atoms with van der Waals surface area (Å²) >= 11 is 0. The maximum Gasteiger partial charge on any atom is 0.359 e. The van der Waals surface area contributed by atoms with E-state index in [4.69, 9.17) is 4.98 Å². The second-order valence-corrected chi connectivity index (χ2v) is 8.19. The van der Waals surface area contributed by atoms with Gasteiger partial charge < -0.3 is 0 Å². The van der Waals surface area contributed by atoms with Crippen LogP contribution in [0.5, 0.6) is 0 Å². The molecule has 5 heteroatoms. The van der Waals surface area contributed by atoms with Crippen molar-refractivity contribution >= 4 is 11.7 Å². The molecule has 0 saturated carbocycles. The molecule has 1 aliphatic heterocycles. The Balaban J connectivity index is 1.55. The Labute approximate surface area is 186 Å². The highest BCUT2D eigenvalue weighted by Gasteiger charge is 2.41. The lowest BCUT2D eigenvalue weighted by molar-refractivity contribution is -0.552. The van der Waals surface area contributed by atoms with Crippen molar-refractivity contribution in [2.24, 2.45) is 0 Å². The van der Waals surface area contributed by atoms with Gasteiger partial charge in [-0.05, 0) is 30.2 Å². The van der Waals surface area contributed by atoms with E-state index in [0.717, 1.165) is 27.9 Å². The molecule has 2 heterocycles. The third kappa shape index (κ3) is 4.02. The van der Waals surface area contributed by atoms with Gasteiger partial charge in [-0.3, -0.25) is 5.32 Å². The second kappa shape index (κ2) is 8.35. The smallest absolute Gasteiger partial charge is 0.258 e. The zero-order chi connectivity index (χ0) is 22.1. The standard InChI is InChI=1S/C27H22FN3O/c1-18-7-5-8-19(13-18)16-24-27(32)31-17-25(21-10-3-2-4-11-21)29-23(26(31)30-24)15-20-9-6-12-22(28)14-20/h2-14,17,24H,15-16H2,1H3/p+1. The summed E-state index contributed by atoms with van der Waals surface area (Å²) < 4.78 is 15.5. The monoisotopic (exact) mass is 424 g/mol. The van der Waals surface area contributed by atoms with E-state index in [-0.39, 0.29) is 17.8 Å². The van der Waals surface area contributed by atoms with Crippen LogP contribution in [-0.2, 0) is 12.8 Å². The molecule has 1 unspecified atom stereocenters. The predicted molar refractivity (Wildman–Crippen MR) is 122 cm³/mol. The van der Waals surface area contributed by atoms with E-state index in [9.17, 15) is 9.18 Å². The van der Waals surface area contributed by atoms with Crippen LogP contribution in [0.1, 0.15) is 27.2 Å². The van der Waals surface area contributed by atoms with Crippen molar-refractivity contribution in [1.29, 1.82) is 0 Å². The minimum atomic E-state index is -0.379. The van der Waals surface area contributed by atoms with Crippen LogP contribution in [-0.4, -0.2) is 16.9 Å². The molecule has 0 bridgehead atoms. The molecule has 0 amide bonds. The molecule has 1 aliphatic rings. The van der Waals surface area contributed by atoms with Crippen LogP contribution in [0.3, 0.4) is 0 Å². The largest absolute Gasteiger partial charge is 0.359 e. The fourth-order valence-electron chi connectivity index (χ4n) is 4.20. The Hall–Kier alpha value is -3.86. The van der Waals surface area contributed by atoms with Crippen molar-refractivity contribution in [3.8, 4) is 11.3 Å². The Bertz CT molecular complexity index is 1300. The summed E-state index contributed by atoms with van der Waals surface area (Å²) in [6.45, 7) is 2.05. The molecule has 1 aromatic heterocycles. The van der Waals surface area contributed by atoms with E-state index in [1.165, 1.54) is 12.1 Å². The van der Waals surface area contributed by atoms with Gasteiger partial charge in [-0.1, -0.05) is 72.3 Å². The van der Waals surface area contributed by atoms with Crippen LogP contribution >= 0.6 is 0 Å². The molecule has 0 saturated heterocycles. The summed E-state index contributed by atoms with van der Waals surface area (Å²) in [5.41, 5.74) is 5.44. The van der Waals surface area contributed by atoms with Gasteiger partial charge in [0.1, 0.15) is 23.4 Å². The zero-order valence-corrected chi connectivity index (χ0v) is 17.8. The molecule has 32 heavy (non-hydrogen) atoms. The summed E-state index contributed by atoms with van der Waals surface area (Å²) in [6, 6.07) is 24.1. The number of nitrogens with zero attached hydrogens (tertiary/aromatic N) is 2. The SMILES string of the molecule is Cc1cccc(CC2Nc3c(Cc4cccc(F)c4)nc(-c4ccccc4)c[n+]3C2=O)c1. The normalized spacial score (nSPS) is 14.8. The van der Waals surface area contributed by atoms with E-state index in [0.29, 0.717) is 24.4 Å². The summed E-state index contributed by atoms with van der Waals surface area (Å²) in [6.07, 6.45) is 2.80. The second-order valence-electron chi connectivity index (χ2n) is 8.19. The van der Waals surface area contributed by atoms with E-state index >= 15 is 0 Å². The van der Waals surface area contributed by atoms with Gasteiger partial charge in [-0.2, -0.15) is 4.57 Å². The lowest BCUT2D eigenvalue weighted by atomic mass is 10.0. The summed E-state index contributed by atoms with van der Waals surface area (Å²) in [7, 11) is 0. The average molecular weight is 424 g/mol. The minimum absolute atomic E-state index is 0.0124. The first-order valence-corrected chi connectivity index (χ1v) is 10.7. The number of fused-ring (bicyclic) bond motifs is 1. The van der Waals surface area contributed by atoms with Gasteiger partial charge in [0.25, 0.3) is 0 Å². The van der Waals surface area contributed by atoms with Crippen molar-refractivity contribution in [2.45, 2.75) is 25.8 Å². The lowest BCUT2D eigenvalue weighted by Gasteiger charge is -2.07. The Kier molecular flexibility index (Phi) is 5.23. The van der Waals surface area contributed by atoms with Crippen LogP contribution in [0.15, 0.2) is 85.1 Å². The number of aryl methyl sites for hydroxylation is 1. The minimum Gasteiger partial charge on any atom is -0.258 e. The maximum absolute atomic E-state index is 13.8. The first-order valence-electron chi connectivity index (χ1n) is 10.7. The van der Waals surface area contributed by atoms with Crippen molar-refractivity contribution in [2.75, 3.05) is 5.32 Å². The van der Waals surface area contributed by atoms with Gasteiger partial charge in [0.2, 0.25) is 0 Å². The molecule has 0 spiro atoms. The predicted octanol–water partition coefficient (Wildman–Crippen LogP) is 4.75. The van der Waals surface area contributed by atoms with Crippen molar-refractivity contribution in [3.63, 3.8) is 0 Å². The Morgan fingerprint density at radius 2 is 1.75 bits per heavy atom. The summed E-state index contributed by atoms with van der Waals surface area (Å²) in [5.74, 6) is 0.380. The molecule has 4 aromatic rings.